The van der Waals surface area contributed by atoms with Gasteiger partial charge in [0.15, 0.2) is 0 Å². The van der Waals surface area contributed by atoms with E-state index in [-0.39, 0.29) is 0 Å². The van der Waals surface area contributed by atoms with Crippen molar-refractivity contribution in [2.45, 2.75) is 99.3 Å². The summed E-state index contributed by atoms with van der Waals surface area (Å²) < 4.78 is 0. The Bertz CT molecular complexity index is 176. The topological polar surface area (TPSA) is 0 Å². The second kappa shape index (κ2) is 8.16. The third kappa shape index (κ3) is 6.48. The summed E-state index contributed by atoms with van der Waals surface area (Å²) in [5.74, 6) is 0. The van der Waals surface area contributed by atoms with Gasteiger partial charge in [-0.3, -0.25) is 0 Å². The van der Waals surface area contributed by atoms with Crippen molar-refractivity contribution in [1.82, 2.24) is 0 Å². The predicted molar refractivity (Wildman–Crippen MR) is 80.5 cm³/mol. The molecule has 0 fully saturated rings. The number of hydrogen-bond acceptors (Lipinski definition) is 0. The van der Waals surface area contributed by atoms with Crippen molar-refractivity contribution in [2.24, 2.45) is 10.8 Å². The summed E-state index contributed by atoms with van der Waals surface area (Å²) in [5.41, 5.74) is 0.985. The highest BCUT2D eigenvalue weighted by molar-refractivity contribution is 4.85. The van der Waals surface area contributed by atoms with Crippen LogP contribution in [0.2, 0.25) is 0 Å². The third-order valence-electron chi connectivity index (χ3n) is 4.86. The molecular weight excluding hydrogens is 204 g/mol. The largest absolute Gasteiger partial charge is 0.0654 e. The Kier molecular flexibility index (Phi) is 8.16. The second-order valence-electron chi connectivity index (χ2n) is 7.04. The van der Waals surface area contributed by atoms with Crippen LogP contribution in [0.3, 0.4) is 0 Å². The average Bonchev–Trinajstić information content (AvgIpc) is 2.23. The smallest absolute Gasteiger partial charge is 0.0303 e. The summed E-state index contributed by atoms with van der Waals surface area (Å²) in [6, 6.07) is 0. The van der Waals surface area contributed by atoms with Crippen molar-refractivity contribution in [3.05, 3.63) is 0 Å². The average molecular weight is 240 g/mol. The number of rotatable bonds is 10. The summed E-state index contributed by atoms with van der Waals surface area (Å²) in [6.45, 7) is 14.4. The molecule has 0 aliphatic rings. The number of hydrogen-bond donors (Lipinski definition) is 0. The lowest BCUT2D eigenvalue weighted by atomic mass is 9.63. The van der Waals surface area contributed by atoms with Gasteiger partial charge in [0.1, 0.15) is 0 Å². The van der Waals surface area contributed by atoms with Gasteiger partial charge in [-0.25, -0.2) is 0 Å². The van der Waals surface area contributed by atoms with Crippen molar-refractivity contribution >= 4 is 0 Å². The fraction of sp³-hybridized carbons (Fsp3) is 1.00. The van der Waals surface area contributed by atoms with Crippen molar-refractivity contribution in [2.75, 3.05) is 0 Å². The molecule has 0 aliphatic carbocycles. The number of unbranched alkanes of at least 4 members (excludes halogenated alkanes) is 5. The molecule has 0 saturated carbocycles. The zero-order chi connectivity index (χ0) is 13.4. The molecule has 0 aromatic rings. The van der Waals surface area contributed by atoms with Gasteiger partial charge in [0, 0.05) is 0 Å². The van der Waals surface area contributed by atoms with E-state index in [1.807, 2.05) is 0 Å². The zero-order valence-corrected chi connectivity index (χ0v) is 13.4. The van der Waals surface area contributed by atoms with Crippen LogP contribution in [0, 0.1) is 10.8 Å². The molecule has 0 aromatic carbocycles. The van der Waals surface area contributed by atoms with Gasteiger partial charge in [0.2, 0.25) is 0 Å². The summed E-state index contributed by atoms with van der Waals surface area (Å²) in [5, 5.41) is 0. The summed E-state index contributed by atoms with van der Waals surface area (Å²) >= 11 is 0. The molecule has 0 atom stereocenters. The molecule has 0 aromatic heterocycles. The Hall–Kier alpha value is 0. The van der Waals surface area contributed by atoms with Crippen LogP contribution in [0.5, 0.6) is 0 Å². The maximum absolute atomic E-state index is 2.47. The minimum Gasteiger partial charge on any atom is -0.0654 e. The van der Waals surface area contributed by atoms with Crippen LogP contribution in [0.4, 0.5) is 0 Å². The minimum atomic E-state index is 0.491. The zero-order valence-electron chi connectivity index (χ0n) is 13.4. The van der Waals surface area contributed by atoms with Gasteiger partial charge in [0.05, 0.1) is 0 Å². The van der Waals surface area contributed by atoms with Crippen LogP contribution in [0.25, 0.3) is 0 Å². The van der Waals surface area contributed by atoms with Gasteiger partial charge < -0.3 is 0 Å². The molecule has 0 radical (unpaired) electrons. The maximum atomic E-state index is 2.47. The molecule has 0 heterocycles. The van der Waals surface area contributed by atoms with E-state index >= 15 is 0 Å². The van der Waals surface area contributed by atoms with Gasteiger partial charge in [0.25, 0.3) is 0 Å². The maximum Gasteiger partial charge on any atom is -0.0303 e. The highest BCUT2D eigenvalue weighted by Crippen LogP contribution is 2.45. The molecule has 0 N–H and O–H groups in total. The van der Waals surface area contributed by atoms with Crippen molar-refractivity contribution < 1.29 is 0 Å². The van der Waals surface area contributed by atoms with E-state index in [2.05, 4.69) is 41.5 Å². The Morgan fingerprint density at radius 1 is 0.529 bits per heavy atom. The monoisotopic (exact) mass is 240 g/mol. The SMILES string of the molecule is CCCCCCCCC(C)(C)C(C)(C)CCC. The molecule has 0 amide bonds. The summed E-state index contributed by atoms with van der Waals surface area (Å²) in [4.78, 5) is 0. The van der Waals surface area contributed by atoms with Gasteiger partial charge in [-0.1, -0.05) is 86.5 Å². The lowest BCUT2D eigenvalue weighted by Gasteiger charge is -2.42. The van der Waals surface area contributed by atoms with Crippen LogP contribution in [-0.2, 0) is 0 Å². The fourth-order valence-electron chi connectivity index (χ4n) is 2.65. The van der Waals surface area contributed by atoms with E-state index in [4.69, 9.17) is 0 Å². The van der Waals surface area contributed by atoms with E-state index in [1.54, 1.807) is 0 Å². The molecule has 0 aliphatic heterocycles. The first-order valence-electron chi connectivity index (χ1n) is 7.87. The fourth-order valence-corrected chi connectivity index (χ4v) is 2.65. The standard InChI is InChI=1S/C17H36/c1-7-9-10-11-12-13-15-17(5,6)16(3,4)14-8-2/h7-15H2,1-6H3. The first kappa shape index (κ1) is 17.0. The van der Waals surface area contributed by atoms with E-state index in [9.17, 15) is 0 Å². The van der Waals surface area contributed by atoms with Crippen LogP contribution < -0.4 is 0 Å². The predicted octanol–water partition coefficient (Wildman–Crippen LogP) is 6.59. The Balaban J connectivity index is 3.84. The quantitative estimate of drug-likeness (QED) is 0.378. The molecule has 0 heteroatoms. The van der Waals surface area contributed by atoms with Gasteiger partial charge in [-0.15, -0.1) is 0 Å². The Morgan fingerprint density at radius 2 is 1.00 bits per heavy atom. The Labute approximate surface area is 111 Å². The molecule has 104 valence electrons. The molecule has 0 spiro atoms. The van der Waals surface area contributed by atoms with Crippen LogP contribution in [0.1, 0.15) is 99.3 Å². The van der Waals surface area contributed by atoms with Crippen LogP contribution >= 0.6 is 0 Å². The van der Waals surface area contributed by atoms with Gasteiger partial charge in [-0.05, 0) is 23.7 Å². The van der Waals surface area contributed by atoms with Crippen molar-refractivity contribution in [3.63, 3.8) is 0 Å². The highest BCUT2D eigenvalue weighted by Gasteiger charge is 2.35. The lowest BCUT2D eigenvalue weighted by Crippen LogP contribution is -2.32. The van der Waals surface area contributed by atoms with Gasteiger partial charge >= 0.3 is 0 Å². The van der Waals surface area contributed by atoms with Crippen LogP contribution in [0.15, 0.2) is 0 Å². The Morgan fingerprint density at radius 3 is 1.53 bits per heavy atom. The third-order valence-corrected chi connectivity index (χ3v) is 4.86. The first-order valence-corrected chi connectivity index (χ1v) is 7.87. The van der Waals surface area contributed by atoms with Gasteiger partial charge in [-0.2, -0.15) is 0 Å². The highest BCUT2D eigenvalue weighted by atomic mass is 14.4. The van der Waals surface area contributed by atoms with E-state index in [0.29, 0.717) is 10.8 Å². The van der Waals surface area contributed by atoms with Crippen molar-refractivity contribution in [3.8, 4) is 0 Å². The first-order chi connectivity index (χ1) is 7.87. The van der Waals surface area contributed by atoms with E-state index < -0.39 is 0 Å². The van der Waals surface area contributed by atoms with E-state index in [1.165, 1.54) is 57.8 Å². The second-order valence-corrected chi connectivity index (χ2v) is 7.04. The van der Waals surface area contributed by atoms with E-state index in [0.717, 1.165) is 0 Å². The lowest BCUT2D eigenvalue weighted by molar-refractivity contribution is 0.0838. The molecule has 0 bridgehead atoms. The molecule has 0 saturated heterocycles. The molecule has 17 heavy (non-hydrogen) atoms. The normalized spacial score (nSPS) is 13.1. The van der Waals surface area contributed by atoms with Crippen LogP contribution in [-0.4, -0.2) is 0 Å². The summed E-state index contributed by atoms with van der Waals surface area (Å²) in [6.07, 6.45) is 12.6. The van der Waals surface area contributed by atoms with Crippen molar-refractivity contribution in [1.29, 1.82) is 0 Å². The molecule has 0 unspecified atom stereocenters. The molecular formula is C17H36. The molecule has 0 nitrogen and oxygen atoms in total. The minimum absolute atomic E-state index is 0.491. The molecule has 0 rings (SSSR count). The summed E-state index contributed by atoms with van der Waals surface area (Å²) in [7, 11) is 0.